The number of carbonyl (C=O) groups excluding carboxylic acids is 1. The lowest BCUT2D eigenvalue weighted by atomic mass is 10.1. The Morgan fingerprint density at radius 1 is 1.03 bits per heavy atom. The van der Waals surface area contributed by atoms with E-state index in [2.05, 4.69) is 27.5 Å². The smallest absolute Gasteiger partial charge is 0.258 e. The lowest BCUT2D eigenvalue weighted by Crippen LogP contribution is -3.12. The number of halogens is 2. The number of amides is 1. The number of piperazine rings is 1. The molecule has 1 amide bonds. The number of nitrogens with zero attached hydrogens (tertiary/aromatic N) is 3. The topological polar surface area (TPSA) is 62.6 Å². The van der Waals surface area contributed by atoms with Crippen LogP contribution in [0.1, 0.15) is 10.4 Å². The quantitative estimate of drug-likeness (QED) is 0.691. The number of hydrogen-bond donors (Lipinski definition) is 2. The van der Waals surface area contributed by atoms with Crippen LogP contribution in [-0.4, -0.2) is 49.3 Å². The number of nitrogens with one attached hydrogen (secondary N) is 2. The zero-order valence-corrected chi connectivity index (χ0v) is 16.5. The molecule has 1 aliphatic heterocycles. The first-order valence-electron chi connectivity index (χ1n) is 9.76. The maximum absolute atomic E-state index is 13.8. The molecule has 2 heterocycles. The molecule has 154 valence electrons. The van der Waals surface area contributed by atoms with Gasteiger partial charge in [-0.2, -0.15) is 0 Å². The zero-order valence-electron chi connectivity index (χ0n) is 16.5. The van der Waals surface area contributed by atoms with E-state index in [1.165, 1.54) is 4.90 Å². The molecule has 3 aromatic rings. The van der Waals surface area contributed by atoms with Gasteiger partial charge in [-0.15, -0.1) is 10.2 Å². The molecule has 0 radical (unpaired) electrons. The van der Waals surface area contributed by atoms with Crippen LogP contribution >= 0.6 is 0 Å². The van der Waals surface area contributed by atoms with Crippen molar-refractivity contribution in [3.63, 3.8) is 0 Å². The van der Waals surface area contributed by atoms with Crippen LogP contribution in [0.5, 0.6) is 0 Å². The van der Waals surface area contributed by atoms with Gasteiger partial charge in [0.1, 0.15) is 11.6 Å². The van der Waals surface area contributed by atoms with Crippen molar-refractivity contribution in [3.05, 3.63) is 71.8 Å². The zero-order chi connectivity index (χ0) is 21.1. The maximum Gasteiger partial charge on any atom is 0.258 e. The van der Waals surface area contributed by atoms with E-state index < -0.39 is 17.5 Å². The fourth-order valence-corrected chi connectivity index (χ4v) is 3.39. The predicted octanol–water partition coefficient (Wildman–Crippen LogP) is 2.01. The van der Waals surface area contributed by atoms with Crippen molar-refractivity contribution in [3.8, 4) is 11.3 Å². The van der Waals surface area contributed by atoms with E-state index in [1.54, 1.807) is 18.2 Å². The molecule has 30 heavy (non-hydrogen) atoms. The van der Waals surface area contributed by atoms with Crippen LogP contribution in [0.25, 0.3) is 11.3 Å². The van der Waals surface area contributed by atoms with Gasteiger partial charge in [-0.1, -0.05) is 12.1 Å². The Hall–Kier alpha value is -3.39. The Morgan fingerprint density at radius 3 is 2.53 bits per heavy atom. The van der Waals surface area contributed by atoms with Gasteiger partial charge in [0, 0.05) is 17.3 Å². The van der Waals surface area contributed by atoms with Crippen LogP contribution in [-0.2, 0) is 0 Å². The second kappa shape index (κ2) is 8.54. The van der Waals surface area contributed by atoms with Crippen molar-refractivity contribution in [2.45, 2.75) is 0 Å². The molecule has 1 aromatic heterocycles. The minimum atomic E-state index is -0.907. The number of anilines is 2. The molecule has 0 atom stereocenters. The van der Waals surface area contributed by atoms with Gasteiger partial charge in [-0.05, 0) is 36.4 Å². The molecule has 1 fully saturated rings. The van der Waals surface area contributed by atoms with Crippen LogP contribution in [0, 0.1) is 11.6 Å². The second-order valence-electron chi connectivity index (χ2n) is 7.38. The van der Waals surface area contributed by atoms with Crippen molar-refractivity contribution in [2.24, 2.45) is 0 Å². The highest BCUT2D eigenvalue weighted by Crippen LogP contribution is 2.22. The number of rotatable bonds is 4. The molecule has 0 aliphatic carbocycles. The summed E-state index contributed by atoms with van der Waals surface area (Å²) in [5.41, 5.74) is 1.70. The highest BCUT2D eigenvalue weighted by Gasteiger charge is 2.18. The van der Waals surface area contributed by atoms with Gasteiger partial charge in [0.15, 0.2) is 5.82 Å². The van der Waals surface area contributed by atoms with E-state index in [1.807, 2.05) is 18.2 Å². The molecule has 0 spiro atoms. The van der Waals surface area contributed by atoms with E-state index in [-0.39, 0.29) is 5.56 Å². The number of likely N-dealkylation sites (N-methyl/N-ethyl adjacent to an activating group) is 1. The number of benzene rings is 2. The Labute approximate surface area is 173 Å². The predicted molar refractivity (Wildman–Crippen MR) is 111 cm³/mol. The van der Waals surface area contributed by atoms with Gasteiger partial charge >= 0.3 is 0 Å². The molecular weight excluding hydrogens is 388 g/mol. The van der Waals surface area contributed by atoms with E-state index in [4.69, 9.17) is 0 Å². The summed E-state index contributed by atoms with van der Waals surface area (Å²) in [4.78, 5) is 16.1. The number of quaternary nitrogens is 1. The summed E-state index contributed by atoms with van der Waals surface area (Å²) in [5, 5.41) is 11.3. The average molecular weight is 410 g/mol. The van der Waals surface area contributed by atoms with E-state index in [9.17, 15) is 13.6 Å². The third-order valence-corrected chi connectivity index (χ3v) is 5.18. The highest BCUT2D eigenvalue weighted by molar-refractivity contribution is 6.04. The molecule has 2 N–H and O–H groups in total. The molecule has 0 bridgehead atoms. The minimum absolute atomic E-state index is 0.222. The van der Waals surface area contributed by atoms with Crippen molar-refractivity contribution < 1.29 is 18.5 Å². The summed E-state index contributed by atoms with van der Waals surface area (Å²) >= 11 is 0. The number of carbonyl (C=O) groups is 1. The molecule has 1 aliphatic rings. The first-order valence-corrected chi connectivity index (χ1v) is 9.76. The molecule has 1 saturated heterocycles. The summed E-state index contributed by atoms with van der Waals surface area (Å²) in [5.74, 6) is -1.44. The first-order chi connectivity index (χ1) is 14.5. The molecule has 0 saturated carbocycles. The van der Waals surface area contributed by atoms with E-state index in [0.29, 0.717) is 17.4 Å². The van der Waals surface area contributed by atoms with Gasteiger partial charge in [0.05, 0.1) is 44.5 Å². The van der Waals surface area contributed by atoms with Crippen LogP contribution < -0.4 is 15.1 Å². The third-order valence-electron chi connectivity index (χ3n) is 5.18. The molecule has 2 aromatic carbocycles. The lowest BCUT2D eigenvalue weighted by Gasteiger charge is -2.30. The summed E-state index contributed by atoms with van der Waals surface area (Å²) in [7, 11) is 2.18. The molecular formula is C22H22F2N5O+. The largest absolute Gasteiger partial charge is 0.344 e. The normalized spacial score (nSPS) is 14.6. The Bertz CT molecular complexity index is 1050. The SMILES string of the molecule is C[NH+]1CCN(c2ccc(-c3cccc(NC(=O)c4ccc(F)cc4F)c3)nn2)CC1. The van der Waals surface area contributed by atoms with Gasteiger partial charge in [-0.3, -0.25) is 4.79 Å². The Balaban J connectivity index is 1.48. The number of aromatic nitrogens is 2. The van der Waals surface area contributed by atoms with Crippen LogP contribution in [0.2, 0.25) is 0 Å². The second-order valence-corrected chi connectivity index (χ2v) is 7.38. The van der Waals surface area contributed by atoms with Crippen LogP contribution in [0.4, 0.5) is 20.3 Å². The molecule has 0 unspecified atom stereocenters. The van der Waals surface area contributed by atoms with Crippen molar-refractivity contribution in [2.75, 3.05) is 43.4 Å². The standard InChI is InChI=1S/C22H21F2N5O/c1-28-9-11-29(12-10-28)21-8-7-20(26-27-21)15-3-2-4-17(13-15)25-22(30)18-6-5-16(23)14-19(18)24/h2-8,13-14H,9-12H2,1H3,(H,25,30)/p+1. The fraction of sp³-hybridized carbons (Fsp3) is 0.227. The van der Waals surface area contributed by atoms with Gasteiger partial charge < -0.3 is 15.1 Å². The highest BCUT2D eigenvalue weighted by atomic mass is 19.1. The average Bonchev–Trinajstić information content (AvgIpc) is 2.74. The van der Waals surface area contributed by atoms with Crippen LogP contribution in [0.3, 0.4) is 0 Å². The van der Waals surface area contributed by atoms with Crippen LogP contribution in [0.15, 0.2) is 54.6 Å². The Kier molecular flexibility index (Phi) is 5.67. The Morgan fingerprint density at radius 2 is 1.83 bits per heavy atom. The minimum Gasteiger partial charge on any atom is -0.344 e. The van der Waals surface area contributed by atoms with Gasteiger partial charge in [-0.25, -0.2) is 8.78 Å². The summed E-state index contributed by atoms with van der Waals surface area (Å²) < 4.78 is 26.9. The first kappa shape index (κ1) is 19.9. The van der Waals surface area contributed by atoms with Gasteiger partial charge in [0.25, 0.3) is 5.91 Å². The molecule has 4 rings (SSSR count). The van der Waals surface area contributed by atoms with Crippen molar-refractivity contribution in [1.29, 1.82) is 0 Å². The fourth-order valence-electron chi connectivity index (χ4n) is 3.39. The third kappa shape index (κ3) is 4.44. The number of hydrogen-bond acceptors (Lipinski definition) is 4. The molecule has 6 nitrogen and oxygen atoms in total. The maximum atomic E-state index is 13.8. The van der Waals surface area contributed by atoms with E-state index >= 15 is 0 Å². The summed E-state index contributed by atoms with van der Waals surface area (Å²) in [6, 6.07) is 13.8. The summed E-state index contributed by atoms with van der Waals surface area (Å²) in [6.45, 7) is 4.03. The lowest BCUT2D eigenvalue weighted by molar-refractivity contribution is -0.880. The van der Waals surface area contributed by atoms with E-state index in [0.717, 1.165) is 49.7 Å². The van der Waals surface area contributed by atoms with Crippen molar-refractivity contribution in [1.82, 2.24) is 10.2 Å². The summed E-state index contributed by atoms with van der Waals surface area (Å²) in [6.07, 6.45) is 0. The van der Waals surface area contributed by atoms with Gasteiger partial charge in [0.2, 0.25) is 0 Å². The molecule has 8 heteroatoms. The van der Waals surface area contributed by atoms with Crippen molar-refractivity contribution >= 4 is 17.4 Å². The monoisotopic (exact) mass is 410 g/mol.